The van der Waals surface area contributed by atoms with Crippen molar-refractivity contribution in [2.75, 3.05) is 0 Å². The normalized spacial score (nSPS) is 13.8. The van der Waals surface area contributed by atoms with Crippen LogP contribution in [-0.2, 0) is 30.9 Å². The second kappa shape index (κ2) is 9.09. The van der Waals surface area contributed by atoms with Gasteiger partial charge in [0.1, 0.15) is 12.4 Å². The third-order valence-electron chi connectivity index (χ3n) is 5.29. The molecule has 1 heterocycles. The second-order valence-electron chi connectivity index (χ2n) is 7.41. The number of hydrogen-bond donors (Lipinski definition) is 1. The van der Waals surface area contributed by atoms with Crippen molar-refractivity contribution in [3.63, 3.8) is 0 Å². The standard InChI is InChI=1S/C24H22Cl2N2O2/c25-21-6-3-7-22(26)20(21)15-30-19-10-8-16(9-11-19)12-23(27)24(29)28-13-17-4-1-2-5-18(17)14-28/h1-11,23H,12-15,27H2/t23-/m1/s1. The van der Waals surface area contributed by atoms with Gasteiger partial charge in [-0.2, -0.15) is 0 Å². The third kappa shape index (κ3) is 4.62. The number of rotatable bonds is 6. The highest BCUT2D eigenvalue weighted by Crippen LogP contribution is 2.26. The molecule has 154 valence electrons. The fourth-order valence-corrected chi connectivity index (χ4v) is 4.12. The lowest BCUT2D eigenvalue weighted by molar-refractivity contribution is -0.133. The number of nitrogens with zero attached hydrogens (tertiary/aromatic N) is 1. The van der Waals surface area contributed by atoms with Gasteiger partial charge in [-0.1, -0.05) is 65.7 Å². The first kappa shape index (κ1) is 20.7. The maximum absolute atomic E-state index is 12.8. The van der Waals surface area contributed by atoms with Gasteiger partial charge in [-0.05, 0) is 47.4 Å². The summed E-state index contributed by atoms with van der Waals surface area (Å²) >= 11 is 12.4. The van der Waals surface area contributed by atoms with Gasteiger partial charge in [-0.15, -0.1) is 0 Å². The monoisotopic (exact) mass is 440 g/mol. The number of carbonyl (C=O) groups is 1. The van der Waals surface area contributed by atoms with Crippen LogP contribution in [0.3, 0.4) is 0 Å². The Morgan fingerprint density at radius 1 is 0.933 bits per heavy atom. The molecule has 0 spiro atoms. The Morgan fingerprint density at radius 2 is 1.53 bits per heavy atom. The molecule has 0 aromatic heterocycles. The fraction of sp³-hybridized carbons (Fsp3) is 0.208. The number of amides is 1. The quantitative estimate of drug-likeness (QED) is 0.587. The Hall–Kier alpha value is -2.53. The van der Waals surface area contributed by atoms with Crippen molar-refractivity contribution in [3.8, 4) is 5.75 Å². The van der Waals surface area contributed by atoms with Crippen molar-refractivity contribution in [1.82, 2.24) is 4.90 Å². The van der Waals surface area contributed by atoms with E-state index in [-0.39, 0.29) is 12.5 Å². The first-order valence-electron chi connectivity index (χ1n) is 9.77. The number of hydrogen-bond acceptors (Lipinski definition) is 3. The van der Waals surface area contributed by atoms with Crippen LogP contribution in [-0.4, -0.2) is 16.8 Å². The average Bonchev–Trinajstić information content (AvgIpc) is 3.18. The molecule has 1 aliphatic heterocycles. The molecule has 30 heavy (non-hydrogen) atoms. The average molecular weight is 441 g/mol. The maximum atomic E-state index is 12.8. The summed E-state index contributed by atoms with van der Waals surface area (Å²) in [5.41, 5.74) is 10.3. The van der Waals surface area contributed by atoms with Crippen LogP contribution < -0.4 is 10.5 Å². The van der Waals surface area contributed by atoms with E-state index in [9.17, 15) is 4.79 Å². The first-order valence-corrected chi connectivity index (χ1v) is 10.5. The smallest absolute Gasteiger partial charge is 0.240 e. The molecule has 4 rings (SSSR count). The van der Waals surface area contributed by atoms with E-state index in [2.05, 4.69) is 12.1 Å². The van der Waals surface area contributed by atoms with E-state index in [1.165, 1.54) is 11.1 Å². The Kier molecular flexibility index (Phi) is 6.28. The SMILES string of the molecule is N[C@H](Cc1ccc(OCc2c(Cl)cccc2Cl)cc1)C(=O)N1Cc2ccccc2C1. The summed E-state index contributed by atoms with van der Waals surface area (Å²) < 4.78 is 5.80. The largest absolute Gasteiger partial charge is 0.489 e. The van der Waals surface area contributed by atoms with Gasteiger partial charge in [-0.3, -0.25) is 4.79 Å². The zero-order valence-corrected chi connectivity index (χ0v) is 17.9. The highest BCUT2D eigenvalue weighted by atomic mass is 35.5. The van der Waals surface area contributed by atoms with Gasteiger partial charge in [-0.25, -0.2) is 0 Å². The minimum absolute atomic E-state index is 0.0279. The number of ether oxygens (including phenoxy) is 1. The zero-order valence-electron chi connectivity index (χ0n) is 16.4. The van der Waals surface area contributed by atoms with Crippen LogP contribution in [0, 0.1) is 0 Å². The molecule has 0 aliphatic carbocycles. The van der Waals surface area contributed by atoms with Gasteiger partial charge < -0.3 is 15.4 Å². The number of fused-ring (bicyclic) bond motifs is 1. The van der Waals surface area contributed by atoms with E-state index in [4.69, 9.17) is 33.7 Å². The van der Waals surface area contributed by atoms with Gasteiger partial charge >= 0.3 is 0 Å². The summed E-state index contributed by atoms with van der Waals surface area (Å²) in [6.45, 7) is 1.53. The molecular weight excluding hydrogens is 419 g/mol. The molecule has 6 heteroatoms. The summed E-state index contributed by atoms with van der Waals surface area (Å²) in [6.07, 6.45) is 0.475. The van der Waals surface area contributed by atoms with E-state index < -0.39 is 6.04 Å². The van der Waals surface area contributed by atoms with Crippen LogP contribution in [0.4, 0.5) is 0 Å². The first-order chi connectivity index (χ1) is 14.5. The van der Waals surface area contributed by atoms with Crippen LogP contribution in [0.25, 0.3) is 0 Å². The predicted molar refractivity (Wildman–Crippen MR) is 120 cm³/mol. The molecule has 0 radical (unpaired) electrons. The van der Waals surface area contributed by atoms with E-state index in [1.807, 2.05) is 41.3 Å². The molecule has 3 aromatic rings. The van der Waals surface area contributed by atoms with Crippen molar-refractivity contribution in [3.05, 3.63) is 99.0 Å². The molecule has 0 saturated carbocycles. The summed E-state index contributed by atoms with van der Waals surface area (Å²) in [5, 5.41) is 1.15. The molecule has 0 saturated heterocycles. The molecule has 1 atom stereocenters. The topological polar surface area (TPSA) is 55.6 Å². The fourth-order valence-electron chi connectivity index (χ4n) is 3.61. The van der Waals surface area contributed by atoms with E-state index >= 15 is 0 Å². The molecule has 4 nitrogen and oxygen atoms in total. The number of halogens is 2. The van der Waals surface area contributed by atoms with Crippen LogP contribution in [0.5, 0.6) is 5.75 Å². The lowest BCUT2D eigenvalue weighted by Crippen LogP contribution is -2.42. The van der Waals surface area contributed by atoms with Crippen LogP contribution in [0.2, 0.25) is 10.0 Å². The molecule has 0 fully saturated rings. The minimum atomic E-state index is -0.576. The zero-order chi connectivity index (χ0) is 21.1. The summed E-state index contributed by atoms with van der Waals surface area (Å²) in [7, 11) is 0. The summed E-state index contributed by atoms with van der Waals surface area (Å²) in [5.74, 6) is 0.671. The van der Waals surface area contributed by atoms with Crippen molar-refractivity contribution < 1.29 is 9.53 Å². The molecule has 0 bridgehead atoms. The van der Waals surface area contributed by atoms with Crippen molar-refractivity contribution in [2.24, 2.45) is 5.73 Å². The number of benzene rings is 3. The third-order valence-corrected chi connectivity index (χ3v) is 6.00. The van der Waals surface area contributed by atoms with Crippen molar-refractivity contribution in [2.45, 2.75) is 32.2 Å². The lowest BCUT2D eigenvalue weighted by atomic mass is 10.1. The lowest BCUT2D eigenvalue weighted by Gasteiger charge is -2.20. The molecule has 2 N–H and O–H groups in total. The highest BCUT2D eigenvalue weighted by molar-refractivity contribution is 6.35. The Bertz CT molecular complexity index is 1010. The Labute approximate surface area is 186 Å². The van der Waals surface area contributed by atoms with Gasteiger partial charge in [0.15, 0.2) is 0 Å². The van der Waals surface area contributed by atoms with Crippen molar-refractivity contribution in [1.29, 1.82) is 0 Å². The molecule has 3 aromatic carbocycles. The Morgan fingerprint density at radius 3 is 2.13 bits per heavy atom. The van der Waals surface area contributed by atoms with Gasteiger partial charge in [0.2, 0.25) is 5.91 Å². The van der Waals surface area contributed by atoms with Gasteiger partial charge in [0.25, 0.3) is 0 Å². The highest BCUT2D eigenvalue weighted by Gasteiger charge is 2.26. The summed E-state index contributed by atoms with van der Waals surface area (Å²) in [6, 6.07) is 20.5. The molecule has 1 amide bonds. The molecule has 1 aliphatic rings. The summed E-state index contributed by atoms with van der Waals surface area (Å²) in [4.78, 5) is 14.6. The van der Waals surface area contributed by atoms with Crippen LogP contribution in [0.1, 0.15) is 22.3 Å². The van der Waals surface area contributed by atoms with Crippen LogP contribution in [0.15, 0.2) is 66.7 Å². The van der Waals surface area contributed by atoms with E-state index in [0.29, 0.717) is 35.3 Å². The predicted octanol–water partition coefficient (Wildman–Crippen LogP) is 4.98. The van der Waals surface area contributed by atoms with Crippen molar-refractivity contribution >= 4 is 29.1 Å². The van der Waals surface area contributed by atoms with Gasteiger partial charge in [0.05, 0.1) is 6.04 Å². The molecular formula is C24H22Cl2N2O2. The minimum Gasteiger partial charge on any atom is -0.489 e. The maximum Gasteiger partial charge on any atom is 0.240 e. The van der Waals surface area contributed by atoms with E-state index in [1.54, 1.807) is 18.2 Å². The number of nitrogens with two attached hydrogens (primary N) is 1. The van der Waals surface area contributed by atoms with E-state index in [0.717, 1.165) is 11.1 Å². The second-order valence-corrected chi connectivity index (χ2v) is 8.22. The Balaban J connectivity index is 1.33. The number of carbonyl (C=O) groups excluding carboxylic acids is 1. The van der Waals surface area contributed by atoms with Crippen LogP contribution >= 0.6 is 23.2 Å². The van der Waals surface area contributed by atoms with Gasteiger partial charge in [0, 0.05) is 28.7 Å². The molecule has 0 unspecified atom stereocenters.